The lowest BCUT2D eigenvalue weighted by Crippen LogP contribution is -2.05. The van der Waals surface area contributed by atoms with Crippen LogP contribution < -0.4 is 0 Å². The summed E-state index contributed by atoms with van der Waals surface area (Å²) in [6.45, 7) is 5.21. The SMILES string of the molecule is Cc1cc(Cn2c3ccccc3c3cc(-c4cc(-c5cccc(-n6c7ccccc7c7ccccc76)c5)cc5c4sc4ccccc45)ccc32)cc(C)c1-n1ccnc1-c1ccccc1. The third-order valence-corrected chi connectivity index (χ3v) is 14.6. The fraction of sp³-hybridized carbons (Fsp3) is 0.0500. The van der Waals surface area contributed by atoms with Gasteiger partial charge in [-0.15, -0.1) is 11.3 Å². The molecular formula is C60H42N4S. The van der Waals surface area contributed by atoms with Gasteiger partial charge in [0.15, 0.2) is 0 Å². The molecular weight excluding hydrogens is 809 g/mol. The average Bonchev–Trinajstić information content (AvgIpc) is 4.13. The second-order valence-electron chi connectivity index (χ2n) is 17.3. The van der Waals surface area contributed by atoms with Crippen LogP contribution in [0.4, 0.5) is 0 Å². The molecule has 5 heteroatoms. The maximum absolute atomic E-state index is 4.76. The van der Waals surface area contributed by atoms with E-state index in [2.05, 4.69) is 222 Å². The average molecular weight is 851 g/mol. The first-order chi connectivity index (χ1) is 32.1. The molecule has 0 amide bonds. The maximum atomic E-state index is 4.76. The van der Waals surface area contributed by atoms with Gasteiger partial charge in [0.25, 0.3) is 0 Å². The molecule has 0 spiro atoms. The zero-order chi connectivity index (χ0) is 43.2. The van der Waals surface area contributed by atoms with Crippen molar-refractivity contribution in [1.82, 2.24) is 18.7 Å². The van der Waals surface area contributed by atoms with Crippen molar-refractivity contribution in [3.8, 4) is 45.0 Å². The Morgan fingerprint density at radius 3 is 1.83 bits per heavy atom. The van der Waals surface area contributed by atoms with Crippen LogP contribution in [0.5, 0.6) is 0 Å². The molecule has 0 aliphatic heterocycles. The van der Waals surface area contributed by atoms with Gasteiger partial charge in [0.1, 0.15) is 5.82 Å². The van der Waals surface area contributed by atoms with Crippen LogP contribution in [0.1, 0.15) is 16.7 Å². The summed E-state index contributed by atoms with van der Waals surface area (Å²) in [4.78, 5) is 4.76. The third-order valence-electron chi connectivity index (χ3n) is 13.4. The van der Waals surface area contributed by atoms with Crippen molar-refractivity contribution in [3.63, 3.8) is 0 Å². The minimum Gasteiger partial charge on any atom is -0.336 e. The summed E-state index contributed by atoms with van der Waals surface area (Å²) in [5.41, 5.74) is 17.0. The fourth-order valence-electron chi connectivity index (χ4n) is 10.6. The fourth-order valence-corrected chi connectivity index (χ4v) is 11.8. The van der Waals surface area contributed by atoms with Gasteiger partial charge in [-0.25, -0.2) is 4.98 Å². The van der Waals surface area contributed by atoms with E-state index in [9.17, 15) is 0 Å². The Morgan fingerprint density at radius 1 is 0.462 bits per heavy atom. The monoisotopic (exact) mass is 850 g/mol. The first-order valence-corrected chi connectivity index (χ1v) is 23.1. The van der Waals surface area contributed by atoms with E-state index in [0.29, 0.717) is 0 Å². The summed E-state index contributed by atoms with van der Waals surface area (Å²) < 4.78 is 9.77. The van der Waals surface area contributed by atoms with E-state index >= 15 is 0 Å². The van der Waals surface area contributed by atoms with Gasteiger partial charge in [-0.1, -0.05) is 133 Å². The van der Waals surface area contributed by atoms with Crippen molar-refractivity contribution in [3.05, 3.63) is 223 Å². The van der Waals surface area contributed by atoms with Crippen LogP contribution in [0, 0.1) is 13.8 Å². The topological polar surface area (TPSA) is 27.7 Å². The Labute approximate surface area is 380 Å². The van der Waals surface area contributed by atoms with Crippen molar-refractivity contribution < 1.29 is 0 Å². The molecule has 13 rings (SSSR count). The highest BCUT2D eigenvalue weighted by Crippen LogP contribution is 2.45. The van der Waals surface area contributed by atoms with Gasteiger partial charge in [-0.3, -0.25) is 4.57 Å². The van der Waals surface area contributed by atoms with E-state index in [1.54, 1.807) is 0 Å². The third kappa shape index (κ3) is 6.00. The van der Waals surface area contributed by atoms with Gasteiger partial charge in [0.2, 0.25) is 0 Å². The summed E-state index contributed by atoms with van der Waals surface area (Å²) in [7, 11) is 0. The molecule has 0 fully saturated rings. The first-order valence-electron chi connectivity index (χ1n) is 22.3. The molecule has 308 valence electrons. The van der Waals surface area contributed by atoms with Gasteiger partial charge >= 0.3 is 0 Å². The van der Waals surface area contributed by atoms with E-state index < -0.39 is 0 Å². The quantitative estimate of drug-likeness (QED) is 0.157. The van der Waals surface area contributed by atoms with Crippen molar-refractivity contribution in [2.45, 2.75) is 20.4 Å². The highest BCUT2D eigenvalue weighted by Gasteiger charge is 2.19. The van der Waals surface area contributed by atoms with Gasteiger partial charge in [0.05, 0.1) is 16.7 Å². The molecule has 0 atom stereocenters. The van der Waals surface area contributed by atoms with Gasteiger partial charge in [-0.05, 0) is 108 Å². The van der Waals surface area contributed by atoms with E-state index in [-0.39, 0.29) is 0 Å². The minimum absolute atomic E-state index is 0.763. The molecule has 0 radical (unpaired) electrons. The molecule has 13 aromatic rings. The highest BCUT2D eigenvalue weighted by atomic mass is 32.1. The smallest absolute Gasteiger partial charge is 0.144 e. The van der Waals surface area contributed by atoms with Crippen LogP contribution in [-0.4, -0.2) is 18.7 Å². The zero-order valence-corrected chi connectivity index (χ0v) is 36.9. The van der Waals surface area contributed by atoms with Crippen molar-refractivity contribution in [1.29, 1.82) is 0 Å². The first kappa shape index (κ1) is 37.6. The lowest BCUT2D eigenvalue weighted by atomic mass is 9.95. The number of rotatable bonds is 7. The Balaban J connectivity index is 0.938. The molecule has 0 N–H and O–H groups in total. The minimum atomic E-state index is 0.763. The van der Waals surface area contributed by atoms with Gasteiger partial charge in [-0.2, -0.15) is 0 Å². The number of benzene rings is 9. The highest BCUT2D eigenvalue weighted by molar-refractivity contribution is 7.26. The van der Waals surface area contributed by atoms with E-state index in [1.165, 1.54) is 108 Å². The summed E-state index contributed by atoms with van der Waals surface area (Å²) in [5, 5.41) is 7.66. The molecule has 0 aliphatic carbocycles. The van der Waals surface area contributed by atoms with Crippen LogP contribution in [-0.2, 0) is 6.54 Å². The molecule has 0 saturated heterocycles. The second kappa shape index (κ2) is 14.8. The lowest BCUT2D eigenvalue weighted by molar-refractivity contribution is 0.863. The van der Waals surface area contributed by atoms with Crippen LogP contribution >= 0.6 is 11.3 Å². The zero-order valence-electron chi connectivity index (χ0n) is 36.0. The second-order valence-corrected chi connectivity index (χ2v) is 18.4. The van der Waals surface area contributed by atoms with E-state index in [1.807, 2.05) is 23.6 Å². The predicted molar refractivity (Wildman–Crippen MR) is 275 cm³/mol. The van der Waals surface area contributed by atoms with Crippen molar-refractivity contribution >= 4 is 75.1 Å². The molecule has 0 bridgehead atoms. The molecule has 4 heterocycles. The van der Waals surface area contributed by atoms with Gasteiger partial charge < -0.3 is 9.13 Å². The molecule has 0 aliphatic rings. The Kier molecular flexibility index (Phi) is 8.55. The van der Waals surface area contributed by atoms with Crippen LogP contribution in [0.2, 0.25) is 0 Å². The van der Waals surface area contributed by atoms with Crippen LogP contribution in [0.3, 0.4) is 0 Å². The normalized spacial score (nSPS) is 11.9. The summed E-state index contributed by atoms with van der Waals surface area (Å²) in [6, 6.07) is 71.5. The number of aryl methyl sites for hydroxylation is 2. The van der Waals surface area contributed by atoms with Gasteiger partial charge in [0, 0.05) is 88.5 Å². The molecule has 9 aromatic carbocycles. The Bertz CT molecular complexity index is 3930. The number of hydrogen-bond acceptors (Lipinski definition) is 2. The van der Waals surface area contributed by atoms with E-state index in [0.717, 1.165) is 23.6 Å². The number of aromatic nitrogens is 4. The van der Waals surface area contributed by atoms with Crippen molar-refractivity contribution in [2.24, 2.45) is 0 Å². The number of nitrogens with zero attached hydrogens (tertiary/aromatic N) is 4. The molecule has 65 heavy (non-hydrogen) atoms. The predicted octanol–water partition coefficient (Wildman–Crippen LogP) is 16.1. The summed E-state index contributed by atoms with van der Waals surface area (Å²) in [6.07, 6.45) is 3.98. The summed E-state index contributed by atoms with van der Waals surface area (Å²) in [5.74, 6) is 0.953. The molecule has 4 aromatic heterocycles. The number of imidazole rings is 1. The van der Waals surface area contributed by atoms with Crippen LogP contribution in [0.15, 0.2) is 207 Å². The lowest BCUT2D eigenvalue weighted by Gasteiger charge is -2.17. The summed E-state index contributed by atoms with van der Waals surface area (Å²) >= 11 is 1.89. The van der Waals surface area contributed by atoms with Crippen LogP contribution in [0.25, 0.3) is 109 Å². The maximum Gasteiger partial charge on any atom is 0.144 e. The number of thiophene rings is 1. The molecule has 0 saturated carbocycles. The number of hydrogen-bond donors (Lipinski definition) is 0. The molecule has 0 unspecified atom stereocenters. The number of fused-ring (bicyclic) bond motifs is 9. The number of para-hydroxylation sites is 3. The van der Waals surface area contributed by atoms with Crippen molar-refractivity contribution in [2.75, 3.05) is 0 Å². The standard InChI is InChI=1S/C60H42N4S/c1-38-31-40(32-39(2)58(38)62-30-29-61-60(62)41-15-4-3-5-16-41)37-63-53-23-10-6-21-48(53)51-34-43(27-28-54(51)63)50-35-44(36-52-49-22-9-13-26-57(49)65-59(50)52)42-17-14-18-45(33-42)64-55-24-11-7-19-46(55)47-20-8-12-25-56(47)64/h3-36H,37H2,1-2H3. The molecule has 4 nitrogen and oxygen atoms in total. The largest absolute Gasteiger partial charge is 0.336 e. The van der Waals surface area contributed by atoms with E-state index in [4.69, 9.17) is 4.98 Å². The Hall–Kier alpha value is -7.99. The Morgan fingerprint density at radius 2 is 1.08 bits per heavy atom.